The first-order chi connectivity index (χ1) is 11.0. The minimum atomic E-state index is -0.266. The number of aromatic nitrogens is 2. The molecule has 2 heterocycles. The van der Waals surface area contributed by atoms with Crippen molar-refractivity contribution in [1.29, 1.82) is 0 Å². The van der Waals surface area contributed by atoms with Crippen LogP contribution in [-0.4, -0.2) is 15.3 Å². The van der Waals surface area contributed by atoms with Crippen molar-refractivity contribution in [2.75, 3.05) is 5.32 Å². The smallest absolute Gasteiger partial charge is 0.224 e. The number of aryl methyl sites for hydroxylation is 3. The first-order valence-electron chi connectivity index (χ1n) is 7.52. The summed E-state index contributed by atoms with van der Waals surface area (Å²) in [5, 5.41) is 2.89. The molecule has 0 atom stereocenters. The van der Waals surface area contributed by atoms with Crippen LogP contribution < -0.4 is 5.32 Å². The van der Waals surface area contributed by atoms with Crippen LogP contribution >= 0.6 is 0 Å². The summed E-state index contributed by atoms with van der Waals surface area (Å²) in [7, 11) is 0. The van der Waals surface area contributed by atoms with Crippen LogP contribution in [0.2, 0.25) is 0 Å². The Bertz CT molecular complexity index is 853. The molecule has 23 heavy (non-hydrogen) atoms. The van der Waals surface area contributed by atoms with Gasteiger partial charge in [-0.2, -0.15) is 0 Å². The zero-order valence-corrected chi connectivity index (χ0v) is 13.1. The molecule has 0 saturated heterocycles. The fraction of sp³-hybridized carbons (Fsp3) is 0.222. The molecular formula is C18H18FN3O. The van der Waals surface area contributed by atoms with E-state index in [1.165, 1.54) is 12.1 Å². The summed E-state index contributed by atoms with van der Waals surface area (Å²) in [5.41, 5.74) is 4.58. The number of nitrogens with one attached hydrogen (secondary N) is 1. The van der Waals surface area contributed by atoms with E-state index < -0.39 is 0 Å². The number of imidazole rings is 1. The van der Waals surface area contributed by atoms with E-state index in [9.17, 15) is 9.18 Å². The van der Waals surface area contributed by atoms with Crippen LogP contribution in [0.4, 0.5) is 10.1 Å². The summed E-state index contributed by atoms with van der Waals surface area (Å²) in [6, 6.07) is 9.95. The first kappa shape index (κ1) is 15.2. The number of carbonyl (C=O) groups is 1. The van der Waals surface area contributed by atoms with Crippen molar-refractivity contribution in [2.45, 2.75) is 26.7 Å². The fourth-order valence-corrected chi connectivity index (χ4v) is 2.49. The molecular weight excluding hydrogens is 293 g/mol. The van der Waals surface area contributed by atoms with Gasteiger partial charge < -0.3 is 9.72 Å². The minimum Gasteiger partial charge on any atom is -0.325 e. The molecule has 5 heteroatoms. The SMILES string of the molecule is Cc1nc2ccc(NC(=O)CCc3ccc(F)cc3)cn2c1C. The number of carbonyl (C=O) groups excluding carboxylic acids is 1. The molecule has 0 radical (unpaired) electrons. The van der Waals surface area contributed by atoms with Crippen LogP contribution in [0.5, 0.6) is 0 Å². The molecule has 0 aliphatic rings. The highest BCUT2D eigenvalue weighted by Crippen LogP contribution is 2.15. The van der Waals surface area contributed by atoms with Crippen molar-refractivity contribution in [3.05, 3.63) is 65.4 Å². The Morgan fingerprint density at radius 1 is 1.17 bits per heavy atom. The zero-order chi connectivity index (χ0) is 16.4. The Hall–Kier alpha value is -2.69. The van der Waals surface area contributed by atoms with E-state index in [4.69, 9.17) is 0 Å². The normalized spacial score (nSPS) is 10.9. The maximum atomic E-state index is 12.8. The van der Waals surface area contributed by atoms with Gasteiger partial charge in [-0.25, -0.2) is 9.37 Å². The molecule has 118 valence electrons. The second-order valence-electron chi connectivity index (χ2n) is 5.60. The second-order valence-corrected chi connectivity index (χ2v) is 5.60. The number of amides is 1. The molecule has 3 rings (SSSR count). The summed E-state index contributed by atoms with van der Waals surface area (Å²) in [5.74, 6) is -0.333. The highest BCUT2D eigenvalue weighted by Gasteiger charge is 2.07. The maximum absolute atomic E-state index is 12.8. The molecule has 3 aromatic rings. The molecule has 1 amide bonds. The molecule has 4 nitrogen and oxygen atoms in total. The van der Waals surface area contributed by atoms with Crippen LogP contribution in [0.25, 0.3) is 5.65 Å². The van der Waals surface area contributed by atoms with Gasteiger partial charge in [-0.1, -0.05) is 12.1 Å². The predicted molar refractivity (Wildman–Crippen MR) is 88.0 cm³/mol. The highest BCUT2D eigenvalue weighted by molar-refractivity contribution is 5.90. The number of hydrogen-bond acceptors (Lipinski definition) is 2. The molecule has 0 unspecified atom stereocenters. The van der Waals surface area contributed by atoms with E-state index in [1.54, 1.807) is 12.1 Å². The van der Waals surface area contributed by atoms with Gasteiger partial charge in [0.2, 0.25) is 5.91 Å². The Balaban J connectivity index is 1.65. The van der Waals surface area contributed by atoms with Gasteiger partial charge in [-0.05, 0) is 50.1 Å². The van der Waals surface area contributed by atoms with Gasteiger partial charge in [0.1, 0.15) is 11.5 Å². The predicted octanol–water partition coefficient (Wildman–Crippen LogP) is 3.66. The molecule has 2 aromatic heterocycles. The monoisotopic (exact) mass is 311 g/mol. The number of hydrogen-bond donors (Lipinski definition) is 1. The Labute approximate surface area is 134 Å². The molecule has 0 aliphatic carbocycles. The maximum Gasteiger partial charge on any atom is 0.224 e. The standard InChI is InChI=1S/C18H18FN3O/c1-12-13(2)22-11-16(8-9-17(22)20-12)21-18(23)10-5-14-3-6-15(19)7-4-14/h3-4,6-9,11H,5,10H2,1-2H3,(H,21,23). The number of halogens is 1. The topological polar surface area (TPSA) is 46.4 Å². The van der Waals surface area contributed by atoms with Crippen LogP contribution in [0.1, 0.15) is 23.4 Å². The van der Waals surface area contributed by atoms with Gasteiger partial charge in [0.05, 0.1) is 11.4 Å². The first-order valence-corrected chi connectivity index (χ1v) is 7.52. The number of nitrogens with zero attached hydrogens (tertiary/aromatic N) is 2. The second kappa shape index (κ2) is 6.20. The Kier molecular flexibility index (Phi) is 4.10. The number of fused-ring (bicyclic) bond motifs is 1. The van der Waals surface area contributed by atoms with Crippen LogP contribution in [-0.2, 0) is 11.2 Å². The number of anilines is 1. The third kappa shape index (κ3) is 3.39. The third-order valence-electron chi connectivity index (χ3n) is 3.93. The van der Waals surface area contributed by atoms with E-state index in [0.717, 1.165) is 28.3 Å². The van der Waals surface area contributed by atoms with Crippen molar-refractivity contribution in [2.24, 2.45) is 0 Å². The van der Waals surface area contributed by atoms with Crippen molar-refractivity contribution in [3.8, 4) is 0 Å². The van der Waals surface area contributed by atoms with Crippen molar-refractivity contribution in [1.82, 2.24) is 9.38 Å². The van der Waals surface area contributed by atoms with Crippen molar-refractivity contribution >= 4 is 17.2 Å². The quantitative estimate of drug-likeness (QED) is 0.799. The van der Waals surface area contributed by atoms with E-state index in [0.29, 0.717) is 12.8 Å². The van der Waals surface area contributed by atoms with Gasteiger partial charge in [0, 0.05) is 18.3 Å². The molecule has 0 aliphatic heterocycles. The Morgan fingerprint density at radius 2 is 1.91 bits per heavy atom. The van der Waals surface area contributed by atoms with Gasteiger partial charge in [0.25, 0.3) is 0 Å². The van der Waals surface area contributed by atoms with Crippen molar-refractivity contribution in [3.63, 3.8) is 0 Å². The lowest BCUT2D eigenvalue weighted by molar-refractivity contribution is -0.116. The average Bonchev–Trinajstić information content (AvgIpc) is 2.82. The largest absolute Gasteiger partial charge is 0.325 e. The molecule has 0 saturated carbocycles. The number of pyridine rings is 1. The van der Waals surface area contributed by atoms with Gasteiger partial charge in [-0.15, -0.1) is 0 Å². The van der Waals surface area contributed by atoms with E-state index in [1.807, 2.05) is 36.6 Å². The summed E-state index contributed by atoms with van der Waals surface area (Å²) in [6.45, 7) is 3.96. The van der Waals surface area contributed by atoms with Crippen LogP contribution in [0.15, 0.2) is 42.6 Å². The van der Waals surface area contributed by atoms with E-state index in [2.05, 4.69) is 10.3 Å². The lowest BCUT2D eigenvalue weighted by atomic mass is 10.1. The Morgan fingerprint density at radius 3 is 2.65 bits per heavy atom. The van der Waals surface area contributed by atoms with E-state index >= 15 is 0 Å². The third-order valence-corrected chi connectivity index (χ3v) is 3.93. The molecule has 0 fully saturated rings. The fourth-order valence-electron chi connectivity index (χ4n) is 2.49. The summed E-state index contributed by atoms with van der Waals surface area (Å²) < 4.78 is 14.8. The average molecular weight is 311 g/mol. The van der Waals surface area contributed by atoms with Crippen LogP contribution in [0.3, 0.4) is 0 Å². The minimum absolute atomic E-state index is 0.0665. The van der Waals surface area contributed by atoms with Gasteiger partial charge >= 0.3 is 0 Å². The van der Waals surface area contributed by atoms with Crippen LogP contribution in [0, 0.1) is 19.7 Å². The van der Waals surface area contributed by atoms with E-state index in [-0.39, 0.29) is 11.7 Å². The molecule has 0 spiro atoms. The summed E-state index contributed by atoms with van der Waals surface area (Å²) in [6.07, 6.45) is 2.81. The summed E-state index contributed by atoms with van der Waals surface area (Å²) in [4.78, 5) is 16.5. The molecule has 0 bridgehead atoms. The zero-order valence-electron chi connectivity index (χ0n) is 13.1. The summed E-state index contributed by atoms with van der Waals surface area (Å²) >= 11 is 0. The lowest BCUT2D eigenvalue weighted by Crippen LogP contribution is -2.12. The highest BCUT2D eigenvalue weighted by atomic mass is 19.1. The number of benzene rings is 1. The number of rotatable bonds is 4. The van der Waals surface area contributed by atoms with Gasteiger partial charge in [-0.3, -0.25) is 4.79 Å². The molecule has 1 N–H and O–H groups in total. The lowest BCUT2D eigenvalue weighted by Gasteiger charge is -2.07. The molecule has 1 aromatic carbocycles. The van der Waals surface area contributed by atoms with Gasteiger partial charge in [0.15, 0.2) is 0 Å². The van der Waals surface area contributed by atoms with Crippen molar-refractivity contribution < 1.29 is 9.18 Å².